The average Bonchev–Trinajstić information content (AvgIpc) is 2.76. The van der Waals surface area contributed by atoms with Crippen LogP contribution in [0.1, 0.15) is 10.4 Å². The Morgan fingerprint density at radius 3 is 2.79 bits per heavy atom. The van der Waals surface area contributed by atoms with Crippen molar-refractivity contribution in [2.45, 2.75) is 6.54 Å². The number of primary amides is 1. The minimum Gasteiger partial charge on any atom is -0.452 e. The zero-order valence-corrected chi connectivity index (χ0v) is 10.3. The lowest BCUT2D eigenvalue weighted by molar-refractivity contribution is -0.121. The number of aromatic nitrogens is 1. The van der Waals surface area contributed by atoms with Crippen LogP contribution in [0.15, 0.2) is 43.1 Å². The fourth-order valence-corrected chi connectivity index (χ4v) is 1.91. The molecule has 2 aromatic rings. The van der Waals surface area contributed by atoms with Crippen molar-refractivity contribution in [3.8, 4) is 0 Å². The molecule has 0 spiro atoms. The monoisotopic (exact) mass is 258 g/mol. The van der Waals surface area contributed by atoms with Gasteiger partial charge in [-0.3, -0.25) is 4.79 Å². The molecule has 0 aliphatic carbocycles. The number of benzene rings is 1. The lowest BCUT2D eigenvalue weighted by Crippen LogP contribution is -2.20. The van der Waals surface area contributed by atoms with Crippen molar-refractivity contribution in [3.05, 3.63) is 48.7 Å². The number of para-hydroxylation sites is 1. The molecule has 0 aliphatic rings. The van der Waals surface area contributed by atoms with Crippen molar-refractivity contribution < 1.29 is 14.3 Å². The van der Waals surface area contributed by atoms with Crippen LogP contribution in [0.3, 0.4) is 0 Å². The average molecular weight is 258 g/mol. The maximum Gasteiger partial charge on any atom is 0.340 e. The Kier molecular flexibility index (Phi) is 3.66. The van der Waals surface area contributed by atoms with Gasteiger partial charge >= 0.3 is 5.97 Å². The Balaban J connectivity index is 2.39. The van der Waals surface area contributed by atoms with Gasteiger partial charge in [0, 0.05) is 23.6 Å². The van der Waals surface area contributed by atoms with Gasteiger partial charge in [0.2, 0.25) is 0 Å². The molecule has 0 saturated heterocycles. The molecule has 2 rings (SSSR count). The van der Waals surface area contributed by atoms with Crippen LogP contribution in [0, 0.1) is 0 Å². The maximum atomic E-state index is 11.9. The van der Waals surface area contributed by atoms with Crippen molar-refractivity contribution in [1.29, 1.82) is 0 Å². The van der Waals surface area contributed by atoms with E-state index < -0.39 is 18.5 Å². The van der Waals surface area contributed by atoms with Crippen LogP contribution >= 0.6 is 0 Å². The Morgan fingerprint density at radius 1 is 1.37 bits per heavy atom. The molecule has 5 nitrogen and oxygen atoms in total. The molecule has 0 unspecified atom stereocenters. The van der Waals surface area contributed by atoms with Gasteiger partial charge in [-0.1, -0.05) is 24.3 Å². The largest absolute Gasteiger partial charge is 0.452 e. The Hall–Kier alpha value is -2.56. The summed E-state index contributed by atoms with van der Waals surface area (Å²) in [5.74, 6) is -1.24. The fraction of sp³-hybridized carbons (Fsp3) is 0.143. The van der Waals surface area contributed by atoms with E-state index in [0.717, 1.165) is 10.9 Å². The second-order valence-electron chi connectivity index (χ2n) is 4.04. The summed E-state index contributed by atoms with van der Waals surface area (Å²) in [5, 5.41) is 0.777. The second-order valence-corrected chi connectivity index (χ2v) is 4.04. The van der Waals surface area contributed by atoms with Crippen LogP contribution in [0.2, 0.25) is 0 Å². The van der Waals surface area contributed by atoms with Gasteiger partial charge in [0.15, 0.2) is 6.61 Å². The van der Waals surface area contributed by atoms with E-state index in [0.29, 0.717) is 12.1 Å². The molecule has 1 heterocycles. The lowest BCUT2D eigenvalue weighted by atomic mass is 10.2. The van der Waals surface area contributed by atoms with Crippen LogP contribution in [0.4, 0.5) is 0 Å². The van der Waals surface area contributed by atoms with E-state index in [4.69, 9.17) is 10.5 Å². The van der Waals surface area contributed by atoms with Crippen molar-refractivity contribution in [1.82, 2.24) is 4.57 Å². The topological polar surface area (TPSA) is 74.3 Å². The van der Waals surface area contributed by atoms with Crippen molar-refractivity contribution in [2.24, 2.45) is 5.73 Å². The maximum absolute atomic E-state index is 11.9. The molecule has 0 bridgehead atoms. The number of nitrogens with two attached hydrogens (primary N) is 1. The van der Waals surface area contributed by atoms with Crippen molar-refractivity contribution in [3.63, 3.8) is 0 Å². The highest BCUT2D eigenvalue weighted by Crippen LogP contribution is 2.22. The van der Waals surface area contributed by atoms with Crippen LogP contribution in [0.5, 0.6) is 0 Å². The molecule has 19 heavy (non-hydrogen) atoms. The Labute approximate surface area is 110 Å². The predicted molar refractivity (Wildman–Crippen MR) is 71.6 cm³/mol. The first-order valence-electron chi connectivity index (χ1n) is 5.77. The van der Waals surface area contributed by atoms with Gasteiger partial charge in [0.05, 0.1) is 5.56 Å². The van der Waals surface area contributed by atoms with Gasteiger partial charge in [0.1, 0.15) is 0 Å². The summed E-state index contributed by atoms with van der Waals surface area (Å²) in [5.41, 5.74) is 6.28. The molecule has 1 aromatic carbocycles. The van der Waals surface area contributed by atoms with Gasteiger partial charge in [-0.05, 0) is 6.07 Å². The number of hydrogen-bond acceptors (Lipinski definition) is 3. The third-order valence-electron chi connectivity index (χ3n) is 2.68. The highest BCUT2D eigenvalue weighted by Gasteiger charge is 2.16. The number of carbonyl (C=O) groups excluding carboxylic acids is 2. The molecular weight excluding hydrogens is 244 g/mol. The van der Waals surface area contributed by atoms with Gasteiger partial charge < -0.3 is 15.0 Å². The standard InChI is InChI=1S/C14H14N2O3/c1-2-7-16-8-11(14(18)19-9-13(15)17)10-5-3-4-6-12(10)16/h2-6,8H,1,7,9H2,(H2,15,17). The van der Waals surface area contributed by atoms with E-state index in [2.05, 4.69) is 6.58 Å². The van der Waals surface area contributed by atoms with Crippen LogP contribution in [-0.4, -0.2) is 23.1 Å². The van der Waals surface area contributed by atoms with Gasteiger partial charge in [-0.15, -0.1) is 6.58 Å². The van der Waals surface area contributed by atoms with Crippen LogP contribution < -0.4 is 5.73 Å². The minimum atomic E-state index is -0.678. The first-order valence-corrected chi connectivity index (χ1v) is 5.77. The summed E-state index contributed by atoms with van der Waals surface area (Å²) in [4.78, 5) is 22.5. The summed E-state index contributed by atoms with van der Waals surface area (Å²) in [6, 6.07) is 7.46. The van der Waals surface area contributed by atoms with E-state index in [-0.39, 0.29) is 0 Å². The smallest absolute Gasteiger partial charge is 0.340 e. The lowest BCUT2D eigenvalue weighted by Gasteiger charge is -2.00. The minimum absolute atomic E-state index is 0.415. The molecule has 1 amide bonds. The number of rotatable bonds is 5. The van der Waals surface area contributed by atoms with E-state index in [1.807, 2.05) is 28.8 Å². The molecule has 0 atom stereocenters. The quantitative estimate of drug-likeness (QED) is 0.652. The van der Waals surface area contributed by atoms with E-state index >= 15 is 0 Å². The third kappa shape index (κ3) is 2.65. The molecule has 0 fully saturated rings. The molecular formula is C14H14N2O3. The number of amides is 1. The normalized spacial score (nSPS) is 10.3. The Morgan fingerprint density at radius 2 is 2.11 bits per heavy atom. The third-order valence-corrected chi connectivity index (χ3v) is 2.68. The highest BCUT2D eigenvalue weighted by molar-refractivity contribution is 6.04. The van der Waals surface area contributed by atoms with E-state index in [9.17, 15) is 9.59 Å². The summed E-state index contributed by atoms with van der Waals surface area (Å²) in [7, 11) is 0. The van der Waals surface area contributed by atoms with Gasteiger partial charge in [-0.25, -0.2) is 4.79 Å². The SMILES string of the molecule is C=CCn1cc(C(=O)OCC(N)=O)c2ccccc21. The van der Waals surface area contributed by atoms with E-state index in [1.165, 1.54) is 0 Å². The second kappa shape index (κ2) is 5.39. The van der Waals surface area contributed by atoms with Gasteiger partial charge in [-0.2, -0.15) is 0 Å². The first kappa shape index (κ1) is 12.9. The summed E-state index contributed by atoms with van der Waals surface area (Å²) in [6.45, 7) is 3.85. The zero-order valence-electron chi connectivity index (χ0n) is 10.3. The molecule has 2 N–H and O–H groups in total. The number of allylic oxidation sites excluding steroid dienone is 1. The number of nitrogens with zero attached hydrogens (tertiary/aromatic N) is 1. The zero-order chi connectivity index (χ0) is 13.8. The van der Waals surface area contributed by atoms with Crippen LogP contribution in [0.25, 0.3) is 10.9 Å². The highest BCUT2D eigenvalue weighted by atomic mass is 16.5. The number of ether oxygens (including phenoxy) is 1. The number of fused-ring (bicyclic) bond motifs is 1. The first-order chi connectivity index (χ1) is 9.13. The Bertz CT molecular complexity index is 643. The summed E-state index contributed by atoms with van der Waals surface area (Å²) < 4.78 is 6.73. The number of hydrogen-bond donors (Lipinski definition) is 1. The van der Waals surface area contributed by atoms with Crippen molar-refractivity contribution >= 4 is 22.8 Å². The van der Waals surface area contributed by atoms with Crippen molar-refractivity contribution in [2.75, 3.05) is 6.61 Å². The molecule has 5 heteroatoms. The molecule has 1 aromatic heterocycles. The molecule has 0 saturated carbocycles. The predicted octanol–water partition coefficient (Wildman–Crippen LogP) is 1.47. The molecule has 0 aliphatic heterocycles. The molecule has 0 radical (unpaired) electrons. The number of carbonyl (C=O) groups is 2. The van der Waals surface area contributed by atoms with Crippen LogP contribution in [-0.2, 0) is 16.1 Å². The summed E-state index contributed by atoms with van der Waals surface area (Å²) in [6.07, 6.45) is 3.43. The molecule has 98 valence electrons. The van der Waals surface area contributed by atoms with E-state index in [1.54, 1.807) is 12.3 Å². The number of esters is 1. The van der Waals surface area contributed by atoms with Gasteiger partial charge in [0.25, 0.3) is 5.91 Å². The summed E-state index contributed by atoms with van der Waals surface area (Å²) >= 11 is 0. The fourth-order valence-electron chi connectivity index (χ4n) is 1.91.